The number of nitrogens with zero attached hydrogens (tertiary/aromatic N) is 2. The molecule has 3 heterocycles. The van der Waals surface area contributed by atoms with Crippen LogP contribution in [-0.4, -0.2) is 31.4 Å². The number of hydrogen-bond donors (Lipinski definition) is 0. The molecule has 0 amide bonds. The molecule has 4 rings (SSSR count). The smallest absolute Gasteiger partial charge is 0.338 e. The summed E-state index contributed by atoms with van der Waals surface area (Å²) in [5.41, 5.74) is 1.33. The van der Waals surface area contributed by atoms with E-state index < -0.39 is 12.0 Å². The highest BCUT2D eigenvalue weighted by Crippen LogP contribution is 2.36. The number of carbonyl (C=O) groups excluding carboxylic acids is 1. The van der Waals surface area contributed by atoms with Gasteiger partial charge < -0.3 is 14.2 Å². The summed E-state index contributed by atoms with van der Waals surface area (Å²) in [5, 5.41) is 2.28. The number of allylic oxidation sites excluding steroid dienone is 1. The van der Waals surface area contributed by atoms with E-state index in [0.29, 0.717) is 42.7 Å². The summed E-state index contributed by atoms with van der Waals surface area (Å²) in [4.78, 5) is 32.3. The molecule has 0 fully saturated rings. The average Bonchev–Trinajstić information content (AvgIpc) is 3.41. The van der Waals surface area contributed by atoms with Gasteiger partial charge in [-0.15, -0.1) is 11.3 Å². The molecule has 33 heavy (non-hydrogen) atoms. The Morgan fingerprint density at radius 2 is 2.09 bits per heavy atom. The van der Waals surface area contributed by atoms with Crippen molar-refractivity contribution in [3.05, 3.63) is 76.1 Å². The molecule has 0 unspecified atom stereocenters. The van der Waals surface area contributed by atoms with E-state index in [4.69, 9.17) is 25.8 Å². The van der Waals surface area contributed by atoms with E-state index in [0.717, 1.165) is 4.88 Å². The van der Waals surface area contributed by atoms with Crippen molar-refractivity contribution in [3.8, 4) is 11.5 Å². The van der Waals surface area contributed by atoms with Gasteiger partial charge in [-0.25, -0.2) is 9.79 Å². The van der Waals surface area contributed by atoms with Gasteiger partial charge in [-0.3, -0.25) is 9.36 Å². The molecule has 7 nitrogen and oxygen atoms in total. The second kappa shape index (κ2) is 9.54. The first-order valence-corrected chi connectivity index (χ1v) is 12.1. The van der Waals surface area contributed by atoms with E-state index in [2.05, 4.69) is 4.99 Å². The van der Waals surface area contributed by atoms with Crippen LogP contribution in [0.2, 0.25) is 5.02 Å². The van der Waals surface area contributed by atoms with Crippen molar-refractivity contribution in [3.63, 3.8) is 0 Å². The van der Waals surface area contributed by atoms with Crippen LogP contribution in [0.1, 0.15) is 30.3 Å². The number of aromatic nitrogens is 1. The van der Waals surface area contributed by atoms with Gasteiger partial charge in [-0.05, 0) is 49.1 Å². The normalized spacial score (nSPS) is 15.8. The molecular weight excluding hydrogens is 484 g/mol. The molecule has 3 aromatic rings. The number of carbonyl (C=O) groups is 1. The average molecular weight is 505 g/mol. The number of benzene rings is 1. The number of methoxy groups -OCH3 is 2. The van der Waals surface area contributed by atoms with E-state index in [1.54, 1.807) is 36.6 Å². The molecule has 1 aliphatic rings. The fraction of sp³-hybridized carbons (Fsp3) is 0.261. The monoisotopic (exact) mass is 504 g/mol. The van der Waals surface area contributed by atoms with E-state index in [1.807, 2.05) is 17.5 Å². The van der Waals surface area contributed by atoms with Crippen molar-refractivity contribution >= 4 is 46.3 Å². The Kier molecular flexibility index (Phi) is 6.73. The summed E-state index contributed by atoms with van der Waals surface area (Å²) in [5.74, 6) is 0.407. The highest BCUT2D eigenvalue weighted by molar-refractivity contribution is 7.10. The van der Waals surface area contributed by atoms with Gasteiger partial charge >= 0.3 is 5.97 Å². The summed E-state index contributed by atoms with van der Waals surface area (Å²) in [6.07, 6.45) is 1.73. The molecule has 0 aliphatic carbocycles. The standard InChI is InChI=1S/C23H21ClN2O5S2/c1-5-31-22(28)18-12(2)25-23-26(19(18)16-7-6-8-32-16)21(27)17(33-23)11-13-9-14(24)20(30-4)15(10-13)29-3/h6-11,19H,5H2,1-4H3/b17-11-/t19-/m0/s1. The van der Waals surface area contributed by atoms with Crippen LogP contribution in [-0.2, 0) is 9.53 Å². The maximum absolute atomic E-state index is 13.5. The van der Waals surface area contributed by atoms with Gasteiger partial charge in [0.1, 0.15) is 6.04 Å². The molecule has 1 atom stereocenters. The van der Waals surface area contributed by atoms with Crippen LogP contribution in [0.3, 0.4) is 0 Å². The lowest BCUT2D eigenvalue weighted by Gasteiger charge is -2.23. The topological polar surface area (TPSA) is 79.1 Å². The van der Waals surface area contributed by atoms with Crippen LogP contribution in [0.15, 0.2) is 50.7 Å². The zero-order chi connectivity index (χ0) is 23.7. The molecule has 2 aromatic heterocycles. The lowest BCUT2D eigenvalue weighted by Crippen LogP contribution is -2.39. The fourth-order valence-corrected chi connectivity index (χ4v) is 5.85. The van der Waals surface area contributed by atoms with Gasteiger partial charge in [0.25, 0.3) is 5.56 Å². The largest absolute Gasteiger partial charge is 0.493 e. The maximum Gasteiger partial charge on any atom is 0.338 e. The lowest BCUT2D eigenvalue weighted by atomic mass is 10.0. The Bertz CT molecular complexity index is 1420. The predicted octanol–water partition coefficient (Wildman–Crippen LogP) is 3.53. The second-order valence-corrected chi connectivity index (χ2v) is 9.45. The molecule has 0 radical (unpaired) electrons. The quantitative estimate of drug-likeness (QED) is 0.480. The van der Waals surface area contributed by atoms with Crippen molar-refractivity contribution in [2.45, 2.75) is 19.9 Å². The molecule has 0 N–H and O–H groups in total. The Labute approximate surface area is 202 Å². The summed E-state index contributed by atoms with van der Waals surface area (Å²) in [7, 11) is 3.03. The Morgan fingerprint density at radius 3 is 2.73 bits per heavy atom. The molecule has 1 aromatic carbocycles. The number of thiophene rings is 1. The lowest BCUT2D eigenvalue weighted by molar-refractivity contribution is -0.139. The van der Waals surface area contributed by atoms with Gasteiger partial charge in [-0.2, -0.15) is 0 Å². The Hall–Kier alpha value is -2.88. The minimum Gasteiger partial charge on any atom is -0.493 e. The molecule has 0 spiro atoms. The summed E-state index contributed by atoms with van der Waals surface area (Å²) in [6, 6.07) is 6.64. The van der Waals surface area contributed by atoms with E-state index >= 15 is 0 Å². The third-order valence-electron chi connectivity index (χ3n) is 5.08. The molecule has 10 heteroatoms. The highest BCUT2D eigenvalue weighted by atomic mass is 35.5. The third kappa shape index (κ3) is 4.23. The first kappa shape index (κ1) is 23.3. The number of rotatable bonds is 6. The second-order valence-electron chi connectivity index (χ2n) is 7.06. The van der Waals surface area contributed by atoms with Gasteiger partial charge in [-0.1, -0.05) is 29.0 Å². The van der Waals surface area contributed by atoms with Crippen molar-refractivity contribution in [2.24, 2.45) is 4.99 Å². The fourth-order valence-electron chi connectivity index (χ4n) is 3.68. The predicted molar refractivity (Wildman–Crippen MR) is 129 cm³/mol. The molecule has 0 bridgehead atoms. The van der Waals surface area contributed by atoms with Crippen molar-refractivity contribution < 1.29 is 19.0 Å². The van der Waals surface area contributed by atoms with Crippen LogP contribution in [0.4, 0.5) is 0 Å². The molecule has 0 saturated heterocycles. The first-order valence-electron chi connectivity index (χ1n) is 10.0. The van der Waals surface area contributed by atoms with Gasteiger partial charge in [0.05, 0.1) is 41.7 Å². The van der Waals surface area contributed by atoms with Crippen LogP contribution in [0, 0.1) is 0 Å². The van der Waals surface area contributed by atoms with Crippen LogP contribution >= 0.6 is 34.3 Å². The minimum absolute atomic E-state index is 0.233. The van der Waals surface area contributed by atoms with Crippen LogP contribution < -0.4 is 24.4 Å². The van der Waals surface area contributed by atoms with Crippen molar-refractivity contribution in [1.82, 2.24) is 4.57 Å². The van der Waals surface area contributed by atoms with Crippen molar-refractivity contribution in [2.75, 3.05) is 20.8 Å². The molecule has 1 aliphatic heterocycles. The molecular formula is C23H21ClN2O5S2. The first-order chi connectivity index (χ1) is 15.9. The number of ether oxygens (including phenoxy) is 3. The summed E-state index contributed by atoms with van der Waals surface area (Å²) >= 11 is 9.05. The SMILES string of the molecule is CCOC(=O)C1=C(C)N=c2s/c(=C\c3cc(Cl)c(OC)c(OC)c3)c(=O)n2[C@H]1c1cccs1. The molecule has 0 saturated carbocycles. The Balaban J connectivity index is 1.92. The summed E-state index contributed by atoms with van der Waals surface area (Å²) in [6.45, 7) is 3.74. The number of fused-ring (bicyclic) bond motifs is 1. The maximum atomic E-state index is 13.5. The van der Waals surface area contributed by atoms with Crippen LogP contribution in [0.25, 0.3) is 6.08 Å². The van der Waals surface area contributed by atoms with E-state index in [1.165, 1.54) is 36.9 Å². The van der Waals surface area contributed by atoms with Crippen LogP contribution in [0.5, 0.6) is 11.5 Å². The highest BCUT2D eigenvalue weighted by Gasteiger charge is 2.33. The number of hydrogen-bond acceptors (Lipinski definition) is 8. The number of thiazole rings is 1. The zero-order valence-corrected chi connectivity index (χ0v) is 20.8. The van der Waals surface area contributed by atoms with Crippen molar-refractivity contribution in [1.29, 1.82) is 0 Å². The molecule has 172 valence electrons. The number of halogens is 1. The van der Waals surface area contributed by atoms with Gasteiger partial charge in [0, 0.05) is 4.88 Å². The number of esters is 1. The Morgan fingerprint density at radius 1 is 1.30 bits per heavy atom. The van der Waals surface area contributed by atoms with Gasteiger partial charge in [0.15, 0.2) is 16.3 Å². The zero-order valence-electron chi connectivity index (χ0n) is 18.4. The van der Waals surface area contributed by atoms with Gasteiger partial charge in [0.2, 0.25) is 0 Å². The third-order valence-corrected chi connectivity index (χ3v) is 7.27. The van der Waals surface area contributed by atoms with E-state index in [9.17, 15) is 9.59 Å². The summed E-state index contributed by atoms with van der Waals surface area (Å²) < 4.78 is 18.0. The minimum atomic E-state index is -0.601. The van der Waals surface area contributed by atoms with E-state index in [-0.39, 0.29) is 12.2 Å².